The van der Waals surface area contributed by atoms with Gasteiger partial charge in [0.25, 0.3) is 0 Å². The molecule has 12 heavy (non-hydrogen) atoms. The molecule has 3 nitrogen and oxygen atoms in total. The highest BCUT2D eigenvalue weighted by atomic mass is 35.5. The SMILES string of the molecule is Cl.NC1CC(O)C12CCOCC2. The molecule has 4 heteroatoms. The van der Waals surface area contributed by atoms with E-state index in [9.17, 15) is 5.11 Å². The predicted octanol–water partition coefficient (Wildman–Crippen LogP) is 0.297. The molecule has 72 valence electrons. The van der Waals surface area contributed by atoms with Crippen LogP contribution in [0.15, 0.2) is 0 Å². The maximum absolute atomic E-state index is 9.56. The molecule has 3 N–H and O–H groups in total. The van der Waals surface area contributed by atoms with Crippen molar-refractivity contribution in [2.45, 2.75) is 31.4 Å². The fourth-order valence-corrected chi connectivity index (χ4v) is 2.25. The third-order valence-electron chi connectivity index (χ3n) is 3.30. The second-order valence-corrected chi connectivity index (χ2v) is 3.70. The maximum Gasteiger partial charge on any atom is 0.0627 e. The van der Waals surface area contributed by atoms with E-state index in [1.807, 2.05) is 0 Å². The van der Waals surface area contributed by atoms with Crippen molar-refractivity contribution in [2.75, 3.05) is 13.2 Å². The van der Waals surface area contributed by atoms with Gasteiger partial charge in [0.2, 0.25) is 0 Å². The Morgan fingerprint density at radius 3 is 2.25 bits per heavy atom. The van der Waals surface area contributed by atoms with Gasteiger partial charge in [0.1, 0.15) is 0 Å². The molecule has 0 aromatic rings. The van der Waals surface area contributed by atoms with Crippen LogP contribution in [0.4, 0.5) is 0 Å². The van der Waals surface area contributed by atoms with Crippen LogP contribution in [-0.4, -0.2) is 30.5 Å². The summed E-state index contributed by atoms with van der Waals surface area (Å²) >= 11 is 0. The highest BCUT2D eigenvalue weighted by Gasteiger charge is 2.52. The Morgan fingerprint density at radius 2 is 1.92 bits per heavy atom. The third-order valence-corrected chi connectivity index (χ3v) is 3.30. The van der Waals surface area contributed by atoms with Crippen molar-refractivity contribution in [3.63, 3.8) is 0 Å². The summed E-state index contributed by atoms with van der Waals surface area (Å²) < 4.78 is 5.23. The molecule has 1 aliphatic heterocycles. The van der Waals surface area contributed by atoms with Crippen LogP contribution < -0.4 is 5.73 Å². The van der Waals surface area contributed by atoms with Crippen LogP contribution >= 0.6 is 12.4 Å². The third kappa shape index (κ3) is 1.25. The van der Waals surface area contributed by atoms with Gasteiger partial charge in [-0.2, -0.15) is 0 Å². The minimum Gasteiger partial charge on any atom is -0.392 e. The van der Waals surface area contributed by atoms with Crippen LogP contribution in [0, 0.1) is 5.41 Å². The lowest BCUT2D eigenvalue weighted by molar-refractivity contribution is -0.138. The van der Waals surface area contributed by atoms with Gasteiger partial charge in [0.15, 0.2) is 0 Å². The fourth-order valence-electron chi connectivity index (χ4n) is 2.25. The molecule has 1 saturated carbocycles. The number of nitrogens with two attached hydrogens (primary N) is 1. The lowest BCUT2D eigenvalue weighted by Crippen LogP contribution is -2.63. The Kier molecular flexibility index (Phi) is 2.99. The normalized spacial score (nSPS) is 38.5. The summed E-state index contributed by atoms with van der Waals surface area (Å²) in [4.78, 5) is 0. The van der Waals surface area contributed by atoms with E-state index in [1.165, 1.54) is 0 Å². The molecule has 0 radical (unpaired) electrons. The second-order valence-electron chi connectivity index (χ2n) is 3.70. The number of hydrogen-bond donors (Lipinski definition) is 2. The van der Waals surface area contributed by atoms with E-state index in [-0.39, 0.29) is 30.0 Å². The van der Waals surface area contributed by atoms with Crippen molar-refractivity contribution in [1.29, 1.82) is 0 Å². The number of aliphatic hydroxyl groups excluding tert-OH is 1. The molecule has 1 spiro atoms. The summed E-state index contributed by atoms with van der Waals surface area (Å²) in [5, 5.41) is 9.56. The summed E-state index contributed by atoms with van der Waals surface area (Å²) in [6.07, 6.45) is 2.49. The topological polar surface area (TPSA) is 55.5 Å². The van der Waals surface area contributed by atoms with Crippen LogP contribution in [-0.2, 0) is 4.74 Å². The molecule has 2 unspecified atom stereocenters. The van der Waals surface area contributed by atoms with E-state index in [1.54, 1.807) is 0 Å². The first-order valence-corrected chi connectivity index (χ1v) is 4.27. The van der Waals surface area contributed by atoms with E-state index < -0.39 is 0 Å². The Morgan fingerprint density at radius 1 is 1.33 bits per heavy atom. The summed E-state index contributed by atoms with van der Waals surface area (Å²) in [5.41, 5.74) is 5.89. The first-order valence-electron chi connectivity index (χ1n) is 4.27. The summed E-state index contributed by atoms with van der Waals surface area (Å²) in [5.74, 6) is 0. The molecule has 2 rings (SSSR count). The molecule has 0 aromatic carbocycles. The monoisotopic (exact) mass is 193 g/mol. The van der Waals surface area contributed by atoms with E-state index in [0.29, 0.717) is 0 Å². The molecule has 1 aliphatic carbocycles. The molecule has 0 aromatic heterocycles. The van der Waals surface area contributed by atoms with E-state index in [0.717, 1.165) is 32.5 Å². The van der Waals surface area contributed by atoms with Crippen LogP contribution in [0.25, 0.3) is 0 Å². The van der Waals surface area contributed by atoms with Crippen LogP contribution in [0.2, 0.25) is 0 Å². The van der Waals surface area contributed by atoms with Gasteiger partial charge in [-0.3, -0.25) is 0 Å². The summed E-state index contributed by atoms with van der Waals surface area (Å²) in [7, 11) is 0. The van der Waals surface area contributed by atoms with Gasteiger partial charge in [-0.15, -0.1) is 12.4 Å². The molecule has 2 atom stereocenters. The first kappa shape index (κ1) is 10.3. The van der Waals surface area contributed by atoms with Gasteiger partial charge in [-0.05, 0) is 19.3 Å². The van der Waals surface area contributed by atoms with Crippen molar-refractivity contribution < 1.29 is 9.84 Å². The molecule has 0 amide bonds. The van der Waals surface area contributed by atoms with Crippen LogP contribution in [0.3, 0.4) is 0 Å². The average Bonchev–Trinajstić information content (AvgIpc) is 2.07. The lowest BCUT2D eigenvalue weighted by atomic mass is 9.58. The van der Waals surface area contributed by atoms with E-state index in [4.69, 9.17) is 10.5 Å². The zero-order valence-electron chi connectivity index (χ0n) is 7.03. The van der Waals surface area contributed by atoms with Crippen molar-refractivity contribution in [2.24, 2.45) is 11.1 Å². The molecular formula is C8H16ClNO2. The average molecular weight is 194 g/mol. The number of aliphatic hydroxyl groups is 1. The van der Waals surface area contributed by atoms with Gasteiger partial charge in [0, 0.05) is 24.7 Å². The highest BCUT2D eigenvalue weighted by Crippen LogP contribution is 2.47. The summed E-state index contributed by atoms with van der Waals surface area (Å²) in [6, 6.07) is 0.210. The molecule has 1 heterocycles. The van der Waals surface area contributed by atoms with Gasteiger partial charge in [0.05, 0.1) is 6.10 Å². The van der Waals surface area contributed by atoms with Crippen LogP contribution in [0.1, 0.15) is 19.3 Å². The molecule has 1 saturated heterocycles. The maximum atomic E-state index is 9.56. The second kappa shape index (κ2) is 3.50. The molecule has 2 aliphatic rings. The van der Waals surface area contributed by atoms with Gasteiger partial charge >= 0.3 is 0 Å². The highest BCUT2D eigenvalue weighted by molar-refractivity contribution is 5.85. The number of rotatable bonds is 0. The van der Waals surface area contributed by atoms with Crippen molar-refractivity contribution in [3.05, 3.63) is 0 Å². The Balaban J connectivity index is 0.000000720. The van der Waals surface area contributed by atoms with Gasteiger partial charge in [-0.25, -0.2) is 0 Å². The zero-order valence-corrected chi connectivity index (χ0v) is 7.85. The molecule has 0 bridgehead atoms. The predicted molar refractivity (Wildman–Crippen MR) is 48.3 cm³/mol. The van der Waals surface area contributed by atoms with Crippen molar-refractivity contribution in [3.8, 4) is 0 Å². The molecule has 2 fully saturated rings. The Bertz CT molecular complexity index is 149. The first-order chi connectivity index (χ1) is 5.26. The minimum atomic E-state index is -0.165. The van der Waals surface area contributed by atoms with Gasteiger partial charge < -0.3 is 15.6 Å². The smallest absolute Gasteiger partial charge is 0.0627 e. The summed E-state index contributed by atoms with van der Waals surface area (Å²) in [6.45, 7) is 1.54. The lowest BCUT2D eigenvalue weighted by Gasteiger charge is -2.54. The minimum absolute atomic E-state index is 0. The Hall–Kier alpha value is 0.170. The van der Waals surface area contributed by atoms with Crippen molar-refractivity contribution in [1.82, 2.24) is 0 Å². The van der Waals surface area contributed by atoms with Gasteiger partial charge in [-0.1, -0.05) is 0 Å². The largest absolute Gasteiger partial charge is 0.392 e. The van der Waals surface area contributed by atoms with Crippen LogP contribution in [0.5, 0.6) is 0 Å². The molecular weight excluding hydrogens is 178 g/mol. The standard InChI is InChI=1S/C8H15NO2.ClH/c9-6-5-7(10)8(6)1-3-11-4-2-8;/h6-7,10H,1-5,9H2;1H. The van der Waals surface area contributed by atoms with E-state index >= 15 is 0 Å². The quantitative estimate of drug-likeness (QED) is 0.582. The number of hydrogen-bond acceptors (Lipinski definition) is 3. The number of ether oxygens (including phenoxy) is 1. The Labute approximate surface area is 78.7 Å². The van der Waals surface area contributed by atoms with Crippen molar-refractivity contribution >= 4 is 12.4 Å². The fraction of sp³-hybridized carbons (Fsp3) is 1.00. The zero-order chi connectivity index (χ0) is 7.90. The van der Waals surface area contributed by atoms with E-state index in [2.05, 4.69) is 0 Å². The number of halogens is 1.